The van der Waals surface area contributed by atoms with Crippen molar-refractivity contribution >= 4 is 0 Å². The van der Waals surface area contributed by atoms with Crippen LogP contribution in [-0.2, 0) is 6.54 Å². The van der Waals surface area contributed by atoms with Crippen molar-refractivity contribution in [3.63, 3.8) is 0 Å². The first-order valence-electron chi connectivity index (χ1n) is 5.98. The number of nitrogens with zero attached hydrogens (tertiary/aromatic N) is 2. The van der Waals surface area contributed by atoms with Gasteiger partial charge < -0.3 is 5.73 Å². The van der Waals surface area contributed by atoms with Gasteiger partial charge in [-0.05, 0) is 19.8 Å². The lowest BCUT2D eigenvalue weighted by Gasteiger charge is -1.98. The molecule has 0 bridgehead atoms. The highest BCUT2D eigenvalue weighted by atomic mass is 15.3. The monoisotopic (exact) mass is 219 g/mol. The molecule has 0 fully saturated rings. The lowest BCUT2D eigenvalue weighted by atomic mass is 10.1. The molecule has 1 aromatic heterocycles. The van der Waals surface area contributed by atoms with Crippen molar-refractivity contribution in [3.05, 3.63) is 17.5 Å². The predicted molar refractivity (Wildman–Crippen MR) is 67.0 cm³/mol. The minimum absolute atomic E-state index is 0.0149. The summed E-state index contributed by atoms with van der Waals surface area (Å²) in [5, 5.41) is 4.40. The number of hydrogen-bond acceptors (Lipinski definition) is 2. The van der Waals surface area contributed by atoms with Crippen LogP contribution < -0.4 is 5.73 Å². The first kappa shape index (κ1) is 12.8. The Labute approximate surface area is 98.0 Å². The molecule has 0 saturated carbocycles. The van der Waals surface area contributed by atoms with Crippen LogP contribution in [-0.4, -0.2) is 15.8 Å². The van der Waals surface area contributed by atoms with Gasteiger partial charge in [-0.1, -0.05) is 32.1 Å². The fourth-order valence-corrected chi connectivity index (χ4v) is 1.54. The largest absolute Gasteiger partial charge is 0.318 e. The van der Waals surface area contributed by atoms with E-state index in [1.54, 1.807) is 0 Å². The quantitative estimate of drug-likeness (QED) is 0.788. The van der Waals surface area contributed by atoms with Gasteiger partial charge in [0.15, 0.2) is 0 Å². The molecule has 1 rings (SSSR count). The highest BCUT2D eigenvalue weighted by molar-refractivity contribution is 5.36. The molecule has 0 amide bonds. The van der Waals surface area contributed by atoms with E-state index in [2.05, 4.69) is 30.8 Å². The molecule has 1 aromatic rings. The molecular formula is C13H21N3. The molecule has 0 aliphatic heterocycles. The molecule has 1 unspecified atom stereocenters. The Balaban J connectivity index is 2.72. The van der Waals surface area contributed by atoms with E-state index in [0.29, 0.717) is 0 Å². The van der Waals surface area contributed by atoms with E-state index in [1.807, 2.05) is 17.8 Å². The summed E-state index contributed by atoms with van der Waals surface area (Å²) in [5.74, 6) is 6.19. The normalized spacial score (nSPS) is 12.0. The molecule has 16 heavy (non-hydrogen) atoms. The Morgan fingerprint density at radius 2 is 2.19 bits per heavy atom. The second kappa shape index (κ2) is 6.34. The molecule has 3 heteroatoms. The topological polar surface area (TPSA) is 43.8 Å². The summed E-state index contributed by atoms with van der Waals surface area (Å²) in [6.07, 6.45) is 5.12. The molecule has 2 N–H and O–H groups in total. The van der Waals surface area contributed by atoms with Gasteiger partial charge in [0.05, 0.1) is 17.3 Å². The second-order valence-electron chi connectivity index (χ2n) is 4.06. The van der Waals surface area contributed by atoms with E-state index >= 15 is 0 Å². The van der Waals surface area contributed by atoms with Crippen LogP contribution in [0.5, 0.6) is 0 Å². The molecule has 3 nitrogen and oxygen atoms in total. The molecule has 0 aliphatic rings. The molecule has 1 heterocycles. The van der Waals surface area contributed by atoms with Crippen LogP contribution in [0, 0.1) is 18.8 Å². The molecular weight excluding hydrogens is 198 g/mol. The Bertz CT molecular complexity index is 382. The summed E-state index contributed by atoms with van der Waals surface area (Å²) in [5.41, 5.74) is 7.84. The first-order valence-corrected chi connectivity index (χ1v) is 5.98. The zero-order valence-corrected chi connectivity index (χ0v) is 10.5. The summed E-state index contributed by atoms with van der Waals surface area (Å²) >= 11 is 0. The van der Waals surface area contributed by atoms with Gasteiger partial charge in [0.25, 0.3) is 0 Å². The van der Waals surface area contributed by atoms with Gasteiger partial charge in [0.2, 0.25) is 0 Å². The number of nitrogens with two attached hydrogens (primary N) is 1. The number of aromatic nitrogens is 2. The smallest absolute Gasteiger partial charge is 0.0750 e. The van der Waals surface area contributed by atoms with Crippen molar-refractivity contribution in [2.45, 2.75) is 52.6 Å². The summed E-state index contributed by atoms with van der Waals surface area (Å²) in [6, 6.07) is -0.0149. The first-order chi connectivity index (χ1) is 7.67. The van der Waals surface area contributed by atoms with Crippen LogP contribution in [0.4, 0.5) is 0 Å². The van der Waals surface area contributed by atoms with E-state index in [4.69, 9.17) is 5.73 Å². The lowest BCUT2D eigenvalue weighted by Crippen LogP contribution is -2.16. The molecule has 0 radical (unpaired) electrons. The van der Waals surface area contributed by atoms with Crippen LogP contribution in [0.3, 0.4) is 0 Å². The Hall–Kier alpha value is -1.27. The van der Waals surface area contributed by atoms with Crippen LogP contribution in [0.25, 0.3) is 0 Å². The van der Waals surface area contributed by atoms with E-state index < -0.39 is 0 Å². The zero-order chi connectivity index (χ0) is 12.0. The fraction of sp³-hybridized carbons (Fsp3) is 0.615. The molecule has 0 spiro atoms. The number of hydrogen-bond donors (Lipinski definition) is 1. The van der Waals surface area contributed by atoms with Crippen molar-refractivity contribution in [2.75, 3.05) is 0 Å². The summed E-state index contributed by atoms with van der Waals surface area (Å²) < 4.78 is 1.95. The molecule has 0 aliphatic carbocycles. The van der Waals surface area contributed by atoms with Crippen molar-refractivity contribution in [1.82, 2.24) is 9.78 Å². The van der Waals surface area contributed by atoms with Gasteiger partial charge in [0.1, 0.15) is 0 Å². The lowest BCUT2D eigenvalue weighted by molar-refractivity contribution is 0.598. The van der Waals surface area contributed by atoms with Gasteiger partial charge in [-0.25, -0.2) is 0 Å². The third-order valence-corrected chi connectivity index (χ3v) is 2.39. The Morgan fingerprint density at radius 1 is 1.44 bits per heavy atom. The zero-order valence-electron chi connectivity index (χ0n) is 10.5. The average molecular weight is 219 g/mol. The third-order valence-electron chi connectivity index (χ3n) is 2.39. The summed E-state index contributed by atoms with van der Waals surface area (Å²) in [6.45, 7) is 7.19. The van der Waals surface area contributed by atoms with Gasteiger partial charge in [0, 0.05) is 12.7 Å². The standard InChI is InChI=1S/C13H21N3/c1-4-6-13(14)8-7-12-10-16(9-5-2)15-11(12)3/h10,13H,4-6,9,14H2,1-3H3. The maximum Gasteiger partial charge on any atom is 0.0750 e. The van der Waals surface area contributed by atoms with E-state index in [-0.39, 0.29) is 6.04 Å². The summed E-state index contributed by atoms with van der Waals surface area (Å²) in [7, 11) is 0. The molecule has 0 saturated heterocycles. The molecule has 88 valence electrons. The van der Waals surface area contributed by atoms with Gasteiger partial charge in [-0.2, -0.15) is 5.10 Å². The fourth-order valence-electron chi connectivity index (χ4n) is 1.54. The van der Waals surface area contributed by atoms with Crippen LogP contribution in [0.2, 0.25) is 0 Å². The van der Waals surface area contributed by atoms with Crippen molar-refractivity contribution in [3.8, 4) is 11.8 Å². The van der Waals surface area contributed by atoms with Crippen molar-refractivity contribution < 1.29 is 0 Å². The van der Waals surface area contributed by atoms with E-state index in [0.717, 1.165) is 37.1 Å². The maximum atomic E-state index is 5.85. The van der Waals surface area contributed by atoms with E-state index in [9.17, 15) is 0 Å². The minimum atomic E-state index is -0.0149. The van der Waals surface area contributed by atoms with Crippen molar-refractivity contribution in [2.24, 2.45) is 5.73 Å². The van der Waals surface area contributed by atoms with Gasteiger partial charge in [-0.3, -0.25) is 4.68 Å². The highest BCUT2D eigenvalue weighted by Crippen LogP contribution is 2.04. The summed E-state index contributed by atoms with van der Waals surface area (Å²) in [4.78, 5) is 0. The minimum Gasteiger partial charge on any atom is -0.318 e. The highest BCUT2D eigenvalue weighted by Gasteiger charge is 2.01. The number of rotatable bonds is 4. The Kier molecular flexibility index (Phi) is 5.07. The molecule has 0 aromatic carbocycles. The predicted octanol–water partition coefficient (Wildman–Crippen LogP) is 2.08. The van der Waals surface area contributed by atoms with E-state index in [1.165, 1.54) is 0 Å². The SMILES string of the molecule is CCCC(N)C#Cc1cn(CCC)nc1C. The third kappa shape index (κ3) is 3.71. The van der Waals surface area contributed by atoms with Gasteiger partial charge >= 0.3 is 0 Å². The average Bonchev–Trinajstić information content (AvgIpc) is 2.57. The number of aryl methyl sites for hydroxylation is 2. The Morgan fingerprint density at radius 3 is 2.81 bits per heavy atom. The van der Waals surface area contributed by atoms with Crippen molar-refractivity contribution in [1.29, 1.82) is 0 Å². The van der Waals surface area contributed by atoms with Gasteiger partial charge in [-0.15, -0.1) is 0 Å². The second-order valence-corrected chi connectivity index (χ2v) is 4.06. The maximum absolute atomic E-state index is 5.85. The van der Waals surface area contributed by atoms with Crippen LogP contribution >= 0.6 is 0 Å². The molecule has 1 atom stereocenters. The van der Waals surface area contributed by atoms with Crippen LogP contribution in [0.15, 0.2) is 6.20 Å². The van der Waals surface area contributed by atoms with Crippen LogP contribution in [0.1, 0.15) is 44.4 Å².